The predicted octanol–water partition coefficient (Wildman–Crippen LogP) is 1.50. The lowest BCUT2D eigenvalue weighted by Gasteiger charge is -2.01. The van der Waals surface area contributed by atoms with Crippen LogP contribution in [0, 0.1) is 3.57 Å². The topological polar surface area (TPSA) is 45.8 Å². The highest BCUT2D eigenvalue weighted by atomic mass is 127. The number of nitrogens with one attached hydrogen (secondary N) is 1. The number of aromatic amines is 1. The largest absolute Gasteiger partial charge is 0.310 e. The van der Waals surface area contributed by atoms with E-state index in [-0.39, 0.29) is 5.56 Å². The summed E-state index contributed by atoms with van der Waals surface area (Å²) in [6, 6.07) is 0. The molecule has 66 valence electrons. The maximum Gasteiger partial charge on any atom is 0.264 e. The van der Waals surface area contributed by atoms with E-state index in [9.17, 15) is 4.79 Å². The number of aromatic nitrogens is 2. The Kier molecular flexibility index (Phi) is 3.25. The van der Waals surface area contributed by atoms with Crippen molar-refractivity contribution in [1.82, 2.24) is 9.97 Å². The van der Waals surface area contributed by atoms with E-state index in [1.165, 1.54) is 0 Å². The fraction of sp³-hybridized carbons (Fsp3) is 0.500. The second-order valence-electron chi connectivity index (χ2n) is 2.48. The maximum atomic E-state index is 11.3. The van der Waals surface area contributed by atoms with Crippen molar-refractivity contribution in [2.24, 2.45) is 0 Å². The van der Waals surface area contributed by atoms with Crippen LogP contribution in [-0.2, 0) is 12.8 Å². The lowest BCUT2D eigenvalue weighted by atomic mass is 10.3. The van der Waals surface area contributed by atoms with E-state index >= 15 is 0 Å². The molecule has 1 heterocycles. The zero-order chi connectivity index (χ0) is 9.14. The minimum atomic E-state index is -0.0145. The third kappa shape index (κ3) is 1.85. The molecule has 0 fully saturated rings. The molecule has 1 N–H and O–H groups in total. The van der Waals surface area contributed by atoms with Gasteiger partial charge in [-0.2, -0.15) is 0 Å². The molecule has 0 amide bonds. The lowest BCUT2D eigenvalue weighted by Crippen LogP contribution is -2.17. The summed E-state index contributed by atoms with van der Waals surface area (Å²) >= 11 is 2.03. The predicted molar refractivity (Wildman–Crippen MR) is 56.3 cm³/mol. The van der Waals surface area contributed by atoms with Crippen LogP contribution in [0.4, 0.5) is 0 Å². The number of rotatable bonds is 2. The summed E-state index contributed by atoms with van der Waals surface area (Å²) in [4.78, 5) is 18.3. The number of halogens is 1. The summed E-state index contributed by atoms with van der Waals surface area (Å²) < 4.78 is 0.715. The Balaban J connectivity index is 3.29. The quantitative estimate of drug-likeness (QED) is 0.833. The van der Waals surface area contributed by atoms with Crippen molar-refractivity contribution in [3.8, 4) is 0 Å². The summed E-state index contributed by atoms with van der Waals surface area (Å²) in [6.07, 6.45) is 1.59. The lowest BCUT2D eigenvalue weighted by molar-refractivity contribution is 0.860. The van der Waals surface area contributed by atoms with E-state index in [2.05, 4.69) is 9.97 Å². The Bertz CT molecular complexity index is 332. The van der Waals surface area contributed by atoms with Crippen LogP contribution in [-0.4, -0.2) is 9.97 Å². The first-order valence-corrected chi connectivity index (χ1v) is 5.04. The molecule has 1 rings (SSSR count). The van der Waals surface area contributed by atoms with Gasteiger partial charge in [0.1, 0.15) is 5.82 Å². The SMILES string of the molecule is CCc1nc(CC)c(I)c(=O)[nH]1. The molecule has 0 saturated heterocycles. The first-order valence-electron chi connectivity index (χ1n) is 3.96. The molecule has 4 heteroatoms. The normalized spacial score (nSPS) is 10.2. The molecule has 0 saturated carbocycles. The number of nitrogens with zero attached hydrogens (tertiary/aromatic N) is 1. The third-order valence-corrected chi connectivity index (χ3v) is 2.76. The van der Waals surface area contributed by atoms with Crippen molar-refractivity contribution < 1.29 is 0 Å². The van der Waals surface area contributed by atoms with Gasteiger partial charge in [-0.3, -0.25) is 4.79 Å². The van der Waals surface area contributed by atoms with Gasteiger partial charge in [0.2, 0.25) is 0 Å². The number of H-pyrrole nitrogens is 1. The zero-order valence-corrected chi connectivity index (χ0v) is 9.31. The number of hydrogen-bond acceptors (Lipinski definition) is 2. The fourth-order valence-corrected chi connectivity index (χ4v) is 1.60. The molecular weight excluding hydrogens is 267 g/mol. The van der Waals surface area contributed by atoms with E-state index in [0.29, 0.717) is 3.57 Å². The van der Waals surface area contributed by atoms with E-state index in [4.69, 9.17) is 0 Å². The second kappa shape index (κ2) is 4.02. The Hall–Kier alpha value is -0.390. The second-order valence-corrected chi connectivity index (χ2v) is 3.56. The van der Waals surface area contributed by atoms with Gasteiger partial charge in [-0.1, -0.05) is 13.8 Å². The average molecular weight is 278 g/mol. The van der Waals surface area contributed by atoms with E-state index in [0.717, 1.165) is 24.4 Å². The van der Waals surface area contributed by atoms with Crippen LogP contribution in [0.2, 0.25) is 0 Å². The summed E-state index contributed by atoms with van der Waals surface area (Å²) in [6.45, 7) is 3.98. The van der Waals surface area contributed by atoms with Gasteiger partial charge in [-0.15, -0.1) is 0 Å². The summed E-state index contributed by atoms with van der Waals surface area (Å²) in [5.74, 6) is 0.775. The highest BCUT2D eigenvalue weighted by Crippen LogP contribution is 2.04. The van der Waals surface area contributed by atoms with Crippen molar-refractivity contribution in [3.63, 3.8) is 0 Å². The first kappa shape index (κ1) is 9.70. The van der Waals surface area contributed by atoms with Crippen LogP contribution in [0.5, 0.6) is 0 Å². The van der Waals surface area contributed by atoms with Gasteiger partial charge in [0.15, 0.2) is 0 Å². The highest BCUT2D eigenvalue weighted by molar-refractivity contribution is 14.1. The molecule has 0 spiro atoms. The summed E-state index contributed by atoms with van der Waals surface area (Å²) in [7, 11) is 0. The summed E-state index contributed by atoms with van der Waals surface area (Å²) in [5.41, 5.74) is 0.885. The molecular formula is C8H11IN2O. The fourth-order valence-electron chi connectivity index (χ4n) is 0.959. The summed E-state index contributed by atoms with van der Waals surface area (Å²) in [5, 5.41) is 0. The highest BCUT2D eigenvalue weighted by Gasteiger charge is 2.04. The molecule has 1 aromatic heterocycles. The van der Waals surface area contributed by atoms with Gasteiger partial charge in [0, 0.05) is 6.42 Å². The van der Waals surface area contributed by atoms with Crippen LogP contribution in [0.3, 0.4) is 0 Å². The van der Waals surface area contributed by atoms with Gasteiger partial charge >= 0.3 is 0 Å². The Morgan fingerprint density at radius 2 is 2.08 bits per heavy atom. The molecule has 0 radical (unpaired) electrons. The molecule has 0 aromatic carbocycles. The van der Waals surface area contributed by atoms with Crippen LogP contribution in [0.15, 0.2) is 4.79 Å². The Morgan fingerprint density at radius 3 is 2.58 bits per heavy atom. The van der Waals surface area contributed by atoms with Gasteiger partial charge < -0.3 is 4.98 Å². The molecule has 0 aliphatic carbocycles. The van der Waals surface area contributed by atoms with Crippen molar-refractivity contribution in [2.45, 2.75) is 26.7 Å². The number of hydrogen-bond donors (Lipinski definition) is 1. The molecule has 0 aliphatic heterocycles. The number of aryl methyl sites for hydroxylation is 2. The van der Waals surface area contributed by atoms with Crippen LogP contribution < -0.4 is 5.56 Å². The molecule has 0 bridgehead atoms. The van der Waals surface area contributed by atoms with Gasteiger partial charge in [0.25, 0.3) is 5.56 Å². The molecule has 0 unspecified atom stereocenters. The van der Waals surface area contributed by atoms with E-state index in [1.54, 1.807) is 0 Å². The van der Waals surface area contributed by atoms with Gasteiger partial charge in [-0.05, 0) is 29.0 Å². The van der Waals surface area contributed by atoms with Crippen LogP contribution in [0.25, 0.3) is 0 Å². The molecule has 0 atom stereocenters. The monoisotopic (exact) mass is 278 g/mol. The third-order valence-electron chi connectivity index (χ3n) is 1.65. The van der Waals surface area contributed by atoms with Crippen LogP contribution in [0.1, 0.15) is 25.4 Å². The molecule has 12 heavy (non-hydrogen) atoms. The van der Waals surface area contributed by atoms with E-state index < -0.39 is 0 Å². The maximum absolute atomic E-state index is 11.3. The van der Waals surface area contributed by atoms with Crippen molar-refractivity contribution in [2.75, 3.05) is 0 Å². The van der Waals surface area contributed by atoms with E-state index in [1.807, 2.05) is 36.4 Å². The first-order chi connectivity index (χ1) is 5.69. The molecule has 0 aliphatic rings. The standard InChI is InChI=1S/C8H11IN2O/c1-3-5-7(9)8(12)11-6(4-2)10-5/h3-4H2,1-2H3,(H,10,11,12). The van der Waals surface area contributed by atoms with Crippen molar-refractivity contribution in [3.05, 3.63) is 25.4 Å². The molecule has 1 aromatic rings. The Labute approximate surface area is 84.8 Å². The average Bonchev–Trinajstić information content (AvgIpc) is 2.09. The van der Waals surface area contributed by atoms with Gasteiger partial charge in [0.05, 0.1) is 9.26 Å². The minimum Gasteiger partial charge on any atom is -0.310 e. The zero-order valence-electron chi connectivity index (χ0n) is 7.15. The smallest absolute Gasteiger partial charge is 0.264 e. The van der Waals surface area contributed by atoms with Crippen molar-refractivity contribution >= 4 is 22.6 Å². The molecule has 3 nitrogen and oxygen atoms in total. The van der Waals surface area contributed by atoms with Gasteiger partial charge in [-0.25, -0.2) is 4.98 Å². The minimum absolute atomic E-state index is 0.0145. The van der Waals surface area contributed by atoms with Crippen molar-refractivity contribution in [1.29, 1.82) is 0 Å². The Morgan fingerprint density at radius 1 is 1.42 bits per heavy atom. The van der Waals surface area contributed by atoms with Crippen LogP contribution >= 0.6 is 22.6 Å².